The molecule has 0 aliphatic carbocycles. The van der Waals surface area contributed by atoms with E-state index in [1.807, 2.05) is 0 Å². The molecule has 0 saturated carbocycles. The first kappa shape index (κ1) is 9.91. The predicted molar refractivity (Wildman–Crippen MR) is 67.6 cm³/mol. The van der Waals surface area contributed by atoms with Crippen LogP contribution in [0.5, 0.6) is 0 Å². The van der Waals surface area contributed by atoms with Gasteiger partial charge in [0.25, 0.3) is 0 Å². The molecule has 1 N–H and O–H groups in total. The molecule has 1 atom stereocenters. The summed E-state index contributed by atoms with van der Waals surface area (Å²) in [5.74, 6) is 0. The van der Waals surface area contributed by atoms with E-state index in [1.165, 1.54) is 42.3 Å². The topological polar surface area (TPSA) is 17.0 Å². The van der Waals surface area contributed by atoms with Crippen LogP contribution >= 0.6 is 0 Å². The van der Waals surface area contributed by atoms with E-state index >= 15 is 0 Å². The number of nitrogens with one attached hydrogen (secondary N) is 1. The van der Waals surface area contributed by atoms with Crippen LogP contribution in [0.2, 0.25) is 0 Å². The highest BCUT2D eigenvalue weighted by Gasteiger charge is 2.16. The maximum atomic E-state index is 3.57. The van der Waals surface area contributed by atoms with Gasteiger partial charge in [0.2, 0.25) is 0 Å². The van der Waals surface area contributed by atoms with Crippen molar-refractivity contribution in [1.29, 1.82) is 0 Å². The van der Waals surface area contributed by atoms with Crippen molar-refractivity contribution in [3.8, 4) is 0 Å². The van der Waals surface area contributed by atoms with Gasteiger partial charge in [-0.25, -0.2) is 0 Å². The van der Waals surface area contributed by atoms with E-state index in [0.29, 0.717) is 6.04 Å². The van der Waals surface area contributed by atoms with Crippen molar-refractivity contribution in [2.24, 2.45) is 7.05 Å². The van der Waals surface area contributed by atoms with Crippen molar-refractivity contribution in [2.75, 3.05) is 6.54 Å². The smallest absolute Gasteiger partial charge is 0.0480 e. The number of para-hydroxylation sites is 1. The summed E-state index contributed by atoms with van der Waals surface area (Å²) in [5, 5.41) is 4.99. The van der Waals surface area contributed by atoms with Gasteiger partial charge in [-0.15, -0.1) is 0 Å². The monoisotopic (exact) mass is 214 g/mol. The van der Waals surface area contributed by atoms with Crippen LogP contribution in [-0.2, 0) is 13.5 Å². The minimum absolute atomic E-state index is 0.686. The van der Waals surface area contributed by atoms with Crippen molar-refractivity contribution in [3.05, 3.63) is 36.0 Å². The van der Waals surface area contributed by atoms with Crippen molar-refractivity contribution >= 4 is 10.9 Å². The Hall–Kier alpha value is -1.28. The molecule has 2 heterocycles. The van der Waals surface area contributed by atoms with Crippen LogP contribution < -0.4 is 5.32 Å². The maximum absolute atomic E-state index is 3.57. The highest BCUT2D eigenvalue weighted by atomic mass is 14.9. The average Bonchev–Trinajstić information content (AvgIpc) is 2.90. The van der Waals surface area contributed by atoms with Gasteiger partial charge >= 0.3 is 0 Å². The highest BCUT2D eigenvalue weighted by Crippen LogP contribution is 2.23. The molecular formula is C14H18N2. The number of fused-ring (bicyclic) bond motifs is 1. The van der Waals surface area contributed by atoms with E-state index in [0.717, 1.165) is 0 Å². The number of rotatable bonds is 2. The lowest BCUT2D eigenvalue weighted by Crippen LogP contribution is -2.23. The highest BCUT2D eigenvalue weighted by molar-refractivity contribution is 5.83. The molecule has 1 unspecified atom stereocenters. The molecule has 0 spiro atoms. The van der Waals surface area contributed by atoms with E-state index in [9.17, 15) is 0 Å². The van der Waals surface area contributed by atoms with Gasteiger partial charge in [0.1, 0.15) is 0 Å². The third kappa shape index (κ3) is 1.63. The summed E-state index contributed by atoms with van der Waals surface area (Å²) in [4.78, 5) is 0. The second kappa shape index (κ2) is 3.95. The first-order valence-corrected chi connectivity index (χ1v) is 6.11. The zero-order valence-electron chi connectivity index (χ0n) is 9.74. The van der Waals surface area contributed by atoms with E-state index < -0.39 is 0 Å². The third-order valence-electron chi connectivity index (χ3n) is 3.61. The summed E-state index contributed by atoms with van der Waals surface area (Å²) in [7, 11) is 2.13. The zero-order chi connectivity index (χ0) is 11.0. The molecule has 2 heteroatoms. The third-order valence-corrected chi connectivity index (χ3v) is 3.61. The Morgan fingerprint density at radius 2 is 2.25 bits per heavy atom. The summed E-state index contributed by atoms with van der Waals surface area (Å²) >= 11 is 0. The largest absolute Gasteiger partial charge is 0.350 e. The lowest BCUT2D eigenvalue weighted by atomic mass is 10.0. The van der Waals surface area contributed by atoms with Crippen LogP contribution in [0.15, 0.2) is 30.5 Å². The van der Waals surface area contributed by atoms with Crippen LogP contribution in [0.3, 0.4) is 0 Å². The maximum Gasteiger partial charge on any atom is 0.0480 e. The molecular weight excluding hydrogens is 196 g/mol. The molecule has 0 bridgehead atoms. The lowest BCUT2D eigenvalue weighted by Gasteiger charge is -2.08. The van der Waals surface area contributed by atoms with E-state index in [1.54, 1.807) is 0 Å². The number of nitrogens with zero attached hydrogens (tertiary/aromatic N) is 1. The van der Waals surface area contributed by atoms with Crippen molar-refractivity contribution in [3.63, 3.8) is 0 Å². The first-order chi connectivity index (χ1) is 7.84. The number of benzene rings is 1. The van der Waals surface area contributed by atoms with Gasteiger partial charge in [0.05, 0.1) is 0 Å². The Bertz CT molecular complexity index is 492. The van der Waals surface area contributed by atoms with Gasteiger partial charge in [-0.05, 0) is 37.4 Å². The number of aryl methyl sites for hydroxylation is 1. The van der Waals surface area contributed by atoms with Crippen LogP contribution in [0.25, 0.3) is 10.9 Å². The molecule has 1 aliphatic heterocycles. The normalized spacial score (nSPS) is 20.7. The Labute approximate surface area is 96.3 Å². The van der Waals surface area contributed by atoms with Gasteiger partial charge in [-0.3, -0.25) is 0 Å². The summed E-state index contributed by atoms with van der Waals surface area (Å²) < 4.78 is 2.24. The summed E-state index contributed by atoms with van der Waals surface area (Å²) in [5.41, 5.74) is 2.83. The lowest BCUT2D eigenvalue weighted by molar-refractivity contribution is 0.604. The van der Waals surface area contributed by atoms with E-state index in [4.69, 9.17) is 0 Å². The molecule has 84 valence electrons. The molecule has 2 nitrogen and oxygen atoms in total. The van der Waals surface area contributed by atoms with Crippen LogP contribution in [0.1, 0.15) is 18.4 Å². The minimum Gasteiger partial charge on any atom is -0.350 e. The van der Waals surface area contributed by atoms with Gasteiger partial charge in [0, 0.05) is 30.2 Å². The fourth-order valence-electron chi connectivity index (χ4n) is 2.78. The van der Waals surface area contributed by atoms with Crippen molar-refractivity contribution in [1.82, 2.24) is 9.88 Å². The molecule has 0 amide bonds. The van der Waals surface area contributed by atoms with Crippen LogP contribution in [0, 0.1) is 0 Å². The number of hydrogen-bond acceptors (Lipinski definition) is 1. The van der Waals surface area contributed by atoms with Gasteiger partial charge in [-0.1, -0.05) is 18.2 Å². The molecule has 1 aromatic carbocycles. The number of aromatic nitrogens is 1. The molecule has 1 aliphatic rings. The molecule has 2 aromatic rings. The standard InChI is InChI=1S/C14H18N2/c1-16-10-11(9-12-5-4-8-15-12)13-6-2-3-7-14(13)16/h2-3,6-7,10,12,15H,4-5,8-9H2,1H3. The Morgan fingerprint density at radius 1 is 1.38 bits per heavy atom. The van der Waals surface area contributed by atoms with Crippen LogP contribution in [-0.4, -0.2) is 17.2 Å². The molecule has 0 radical (unpaired) electrons. The fraction of sp³-hybridized carbons (Fsp3) is 0.429. The van der Waals surface area contributed by atoms with Crippen molar-refractivity contribution in [2.45, 2.75) is 25.3 Å². The van der Waals surface area contributed by atoms with Crippen molar-refractivity contribution < 1.29 is 0 Å². The average molecular weight is 214 g/mol. The summed E-state index contributed by atoms with van der Waals surface area (Å²) in [6.45, 7) is 1.19. The molecule has 1 saturated heterocycles. The Balaban J connectivity index is 1.96. The van der Waals surface area contributed by atoms with E-state index in [2.05, 4.69) is 47.4 Å². The molecule has 3 rings (SSSR count). The molecule has 1 fully saturated rings. The Morgan fingerprint density at radius 3 is 3.06 bits per heavy atom. The quantitative estimate of drug-likeness (QED) is 0.812. The SMILES string of the molecule is Cn1cc(CC2CCCN2)c2ccccc21. The zero-order valence-corrected chi connectivity index (χ0v) is 9.74. The second-order valence-corrected chi connectivity index (χ2v) is 4.78. The van der Waals surface area contributed by atoms with Gasteiger partial charge in [-0.2, -0.15) is 0 Å². The van der Waals surface area contributed by atoms with Gasteiger partial charge < -0.3 is 9.88 Å². The molecule has 16 heavy (non-hydrogen) atoms. The Kier molecular flexibility index (Phi) is 2.44. The van der Waals surface area contributed by atoms with Crippen LogP contribution in [0.4, 0.5) is 0 Å². The molecule has 1 aromatic heterocycles. The predicted octanol–water partition coefficient (Wildman–Crippen LogP) is 2.47. The minimum atomic E-state index is 0.686. The second-order valence-electron chi connectivity index (χ2n) is 4.78. The first-order valence-electron chi connectivity index (χ1n) is 6.11. The summed E-state index contributed by atoms with van der Waals surface area (Å²) in [6.07, 6.45) is 6.10. The number of hydrogen-bond donors (Lipinski definition) is 1. The van der Waals surface area contributed by atoms with Gasteiger partial charge in [0.15, 0.2) is 0 Å². The van der Waals surface area contributed by atoms with E-state index in [-0.39, 0.29) is 0 Å². The summed E-state index contributed by atoms with van der Waals surface area (Å²) in [6, 6.07) is 9.36. The fourth-order valence-corrected chi connectivity index (χ4v) is 2.78.